The molecule has 1 aromatic carbocycles. The summed E-state index contributed by atoms with van der Waals surface area (Å²) in [6.45, 7) is 1.94. The highest BCUT2D eigenvalue weighted by molar-refractivity contribution is 7.89. The van der Waals surface area contributed by atoms with Crippen LogP contribution in [0.25, 0.3) is 0 Å². The minimum atomic E-state index is -3.94. The van der Waals surface area contributed by atoms with Gasteiger partial charge in [0.05, 0.1) is 11.3 Å². The molecular weight excluding hydrogens is 295 g/mol. The van der Waals surface area contributed by atoms with E-state index in [-0.39, 0.29) is 11.4 Å². The van der Waals surface area contributed by atoms with Crippen molar-refractivity contribution in [1.29, 1.82) is 0 Å². The molecule has 5 nitrogen and oxygen atoms in total. The number of para-hydroxylation sites is 1. The number of rotatable bonds is 4. The van der Waals surface area contributed by atoms with Gasteiger partial charge in [-0.15, -0.1) is 0 Å². The first-order chi connectivity index (χ1) is 9.73. The van der Waals surface area contributed by atoms with Crippen LogP contribution in [-0.4, -0.2) is 25.7 Å². The summed E-state index contributed by atoms with van der Waals surface area (Å²) in [6.07, 6.45) is 3.00. The van der Waals surface area contributed by atoms with Crippen molar-refractivity contribution >= 4 is 15.7 Å². The number of nitrogens with one attached hydrogen (secondary N) is 1. The number of benzene rings is 1. The van der Waals surface area contributed by atoms with Gasteiger partial charge in [-0.3, -0.25) is 0 Å². The minimum absolute atomic E-state index is 0.0877. The van der Waals surface area contributed by atoms with Gasteiger partial charge in [-0.2, -0.15) is 0 Å². The van der Waals surface area contributed by atoms with E-state index in [9.17, 15) is 17.9 Å². The molecule has 2 unspecified atom stereocenters. The van der Waals surface area contributed by atoms with Crippen molar-refractivity contribution in [2.24, 2.45) is 5.92 Å². The number of halogens is 1. The lowest BCUT2D eigenvalue weighted by Gasteiger charge is -2.35. The Labute approximate surface area is 124 Å². The topological polar surface area (TPSA) is 92.4 Å². The van der Waals surface area contributed by atoms with E-state index in [0.29, 0.717) is 18.8 Å². The lowest BCUT2D eigenvalue weighted by atomic mass is 9.79. The van der Waals surface area contributed by atoms with E-state index >= 15 is 0 Å². The number of sulfonamides is 1. The molecule has 1 aromatic rings. The summed E-state index contributed by atoms with van der Waals surface area (Å²) in [5.41, 5.74) is 4.02. The highest BCUT2D eigenvalue weighted by atomic mass is 32.2. The maximum Gasteiger partial charge on any atom is 0.242 e. The fraction of sp³-hybridized carbons (Fsp3) is 0.571. The smallest absolute Gasteiger partial charge is 0.242 e. The highest BCUT2D eigenvalue weighted by Gasteiger charge is 2.34. The molecule has 0 aromatic heterocycles. The Bertz CT molecular complexity index is 621. The molecule has 0 radical (unpaired) electrons. The summed E-state index contributed by atoms with van der Waals surface area (Å²) in [5, 5.41) is 10.4. The third-order valence-electron chi connectivity index (χ3n) is 3.96. The molecule has 2 atom stereocenters. The zero-order valence-corrected chi connectivity index (χ0v) is 12.8. The van der Waals surface area contributed by atoms with Crippen LogP contribution < -0.4 is 10.5 Å². The Morgan fingerprint density at radius 3 is 2.90 bits per heavy atom. The second-order valence-corrected chi connectivity index (χ2v) is 7.64. The Morgan fingerprint density at radius 2 is 2.24 bits per heavy atom. The quantitative estimate of drug-likeness (QED) is 0.736. The van der Waals surface area contributed by atoms with E-state index in [2.05, 4.69) is 4.72 Å². The molecule has 0 amide bonds. The number of hydrogen-bond acceptors (Lipinski definition) is 4. The first-order valence-electron chi connectivity index (χ1n) is 6.99. The van der Waals surface area contributed by atoms with E-state index in [1.54, 1.807) is 0 Å². The highest BCUT2D eigenvalue weighted by Crippen LogP contribution is 2.32. The van der Waals surface area contributed by atoms with Crippen molar-refractivity contribution in [3.8, 4) is 0 Å². The van der Waals surface area contributed by atoms with E-state index in [1.807, 2.05) is 6.92 Å². The minimum Gasteiger partial charge on any atom is -0.395 e. The molecule has 0 heterocycles. The average Bonchev–Trinajstić information content (AvgIpc) is 2.39. The van der Waals surface area contributed by atoms with E-state index in [4.69, 9.17) is 5.73 Å². The molecule has 1 aliphatic carbocycles. The zero-order valence-electron chi connectivity index (χ0n) is 12.0. The molecule has 1 fully saturated rings. The van der Waals surface area contributed by atoms with Crippen molar-refractivity contribution in [3.05, 3.63) is 24.0 Å². The van der Waals surface area contributed by atoms with Crippen molar-refractivity contribution in [1.82, 2.24) is 4.72 Å². The molecular formula is C14H21FN2O3S. The van der Waals surface area contributed by atoms with Crippen molar-refractivity contribution in [2.75, 3.05) is 12.3 Å². The molecule has 2 rings (SSSR count). The number of nitrogens with two attached hydrogens (primary N) is 1. The molecule has 0 spiro atoms. The maximum absolute atomic E-state index is 13.4. The van der Waals surface area contributed by atoms with Crippen LogP contribution in [0.1, 0.15) is 32.6 Å². The molecule has 1 saturated carbocycles. The standard InChI is InChI=1S/C14H21FN2O3S/c1-10-4-3-7-14(18,8-10)9-17-21(19,20)12-6-2-5-11(15)13(12)16/h2,5-6,10,17-18H,3-4,7-9,16H2,1H3. The number of anilines is 1. The lowest BCUT2D eigenvalue weighted by Crippen LogP contribution is -2.45. The van der Waals surface area contributed by atoms with Crippen molar-refractivity contribution in [3.63, 3.8) is 0 Å². The Hall–Kier alpha value is -1.18. The SMILES string of the molecule is CC1CCCC(O)(CNS(=O)(=O)c2cccc(F)c2N)C1. The Balaban J connectivity index is 2.13. The fourth-order valence-electron chi connectivity index (χ4n) is 2.85. The summed E-state index contributed by atoms with van der Waals surface area (Å²) in [6, 6.07) is 3.64. The molecule has 0 saturated heterocycles. The Morgan fingerprint density at radius 1 is 1.52 bits per heavy atom. The number of aliphatic hydroxyl groups is 1. The van der Waals surface area contributed by atoms with Gasteiger partial charge in [-0.05, 0) is 30.9 Å². The summed E-state index contributed by atoms with van der Waals surface area (Å²) in [5.74, 6) is -0.421. The van der Waals surface area contributed by atoms with Gasteiger partial charge in [-0.25, -0.2) is 17.5 Å². The van der Waals surface area contributed by atoms with Crippen LogP contribution >= 0.6 is 0 Å². The normalized spacial score (nSPS) is 26.7. The van der Waals surface area contributed by atoms with Crippen LogP contribution in [0.5, 0.6) is 0 Å². The van der Waals surface area contributed by atoms with Crippen LogP contribution in [0.4, 0.5) is 10.1 Å². The summed E-state index contributed by atoms with van der Waals surface area (Å²) in [7, 11) is -3.94. The number of hydrogen-bond donors (Lipinski definition) is 3. The van der Waals surface area contributed by atoms with Gasteiger partial charge in [0.2, 0.25) is 10.0 Å². The average molecular weight is 316 g/mol. The predicted octanol–water partition coefficient (Wildman–Crippen LogP) is 1.63. The third-order valence-corrected chi connectivity index (χ3v) is 5.42. The van der Waals surface area contributed by atoms with Gasteiger partial charge in [0, 0.05) is 6.54 Å². The molecule has 0 bridgehead atoms. The monoisotopic (exact) mass is 316 g/mol. The first-order valence-corrected chi connectivity index (χ1v) is 8.48. The molecule has 7 heteroatoms. The van der Waals surface area contributed by atoms with E-state index < -0.39 is 27.1 Å². The van der Waals surface area contributed by atoms with Crippen LogP contribution in [0.3, 0.4) is 0 Å². The van der Waals surface area contributed by atoms with Gasteiger partial charge < -0.3 is 10.8 Å². The van der Waals surface area contributed by atoms with Crippen LogP contribution in [0, 0.1) is 11.7 Å². The number of nitrogen functional groups attached to an aromatic ring is 1. The molecule has 21 heavy (non-hydrogen) atoms. The van der Waals surface area contributed by atoms with Gasteiger partial charge in [0.25, 0.3) is 0 Å². The van der Waals surface area contributed by atoms with Crippen molar-refractivity contribution < 1.29 is 17.9 Å². The second kappa shape index (κ2) is 5.90. The zero-order chi connectivity index (χ0) is 15.7. The third kappa shape index (κ3) is 3.72. The summed E-state index contributed by atoms with van der Waals surface area (Å²) in [4.78, 5) is -0.296. The van der Waals surface area contributed by atoms with Crippen LogP contribution in [-0.2, 0) is 10.0 Å². The molecule has 4 N–H and O–H groups in total. The maximum atomic E-state index is 13.4. The van der Waals surface area contributed by atoms with Gasteiger partial charge in [0.15, 0.2) is 0 Å². The van der Waals surface area contributed by atoms with E-state index in [0.717, 1.165) is 18.9 Å². The lowest BCUT2D eigenvalue weighted by molar-refractivity contribution is -0.00751. The summed E-state index contributed by atoms with van der Waals surface area (Å²) >= 11 is 0. The Kier molecular flexibility index (Phi) is 4.55. The molecule has 118 valence electrons. The van der Waals surface area contributed by atoms with E-state index in [1.165, 1.54) is 12.1 Å². The van der Waals surface area contributed by atoms with Gasteiger partial charge in [0.1, 0.15) is 10.7 Å². The van der Waals surface area contributed by atoms with Gasteiger partial charge in [-0.1, -0.05) is 25.8 Å². The fourth-order valence-corrected chi connectivity index (χ4v) is 4.11. The second-order valence-electron chi connectivity index (χ2n) is 5.90. The summed E-state index contributed by atoms with van der Waals surface area (Å²) < 4.78 is 40.1. The largest absolute Gasteiger partial charge is 0.395 e. The predicted molar refractivity (Wildman–Crippen MR) is 78.6 cm³/mol. The molecule has 0 aliphatic heterocycles. The van der Waals surface area contributed by atoms with Crippen molar-refractivity contribution in [2.45, 2.75) is 43.1 Å². The van der Waals surface area contributed by atoms with Gasteiger partial charge >= 0.3 is 0 Å². The van der Waals surface area contributed by atoms with Crippen LogP contribution in [0.15, 0.2) is 23.1 Å². The van der Waals surface area contributed by atoms with Crippen LogP contribution in [0.2, 0.25) is 0 Å². The first kappa shape index (κ1) is 16.2. The molecule has 1 aliphatic rings.